The highest BCUT2D eigenvalue weighted by Crippen LogP contribution is 2.65. The van der Waals surface area contributed by atoms with E-state index in [1.807, 2.05) is 0 Å². The predicted molar refractivity (Wildman–Crippen MR) is 129 cm³/mol. The van der Waals surface area contributed by atoms with E-state index in [-0.39, 0.29) is 10.6 Å². The zero-order chi connectivity index (χ0) is 23.9. The number of carbonyl (C=O) groups excluding carboxylic acids is 2. The third-order valence-electron chi connectivity index (χ3n) is 5.07. The van der Waals surface area contributed by atoms with Crippen LogP contribution in [0.1, 0.15) is 21.8 Å². The molecule has 2 atom stereocenters. The van der Waals surface area contributed by atoms with Crippen LogP contribution in [0.15, 0.2) is 65.9 Å². The molecule has 3 aromatic rings. The molecule has 11 heteroatoms. The number of hydrogen-bond acceptors (Lipinski definition) is 3. The summed E-state index contributed by atoms with van der Waals surface area (Å²) >= 11 is 31.1. The summed E-state index contributed by atoms with van der Waals surface area (Å²) in [5, 5.41) is 13.3. The molecule has 0 radical (unpaired) electrons. The molecule has 2 N–H and O–H groups in total. The molecule has 1 saturated carbocycles. The SMILES string of the molecule is O=C(N=c1ccn(O)cc1)c1cc(NC(=O)[C@H]2[C@H](c3cc(Cl)cc(Cl)c3)C2(Cl)Cl)ccc1Cl. The Hall–Kier alpha value is -2.22. The quantitative estimate of drug-likeness (QED) is 0.314. The van der Waals surface area contributed by atoms with Gasteiger partial charge in [0.05, 0.1) is 21.9 Å². The van der Waals surface area contributed by atoms with Crippen LogP contribution in [0, 0.1) is 5.92 Å². The first-order valence-corrected chi connectivity index (χ1v) is 11.4. The van der Waals surface area contributed by atoms with Crippen molar-refractivity contribution in [3.8, 4) is 0 Å². The Balaban J connectivity index is 1.55. The van der Waals surface area contributed by atoms with Gasteiger partial charge in [-0.3, -0.25) is 9.59 Å². The second-order valence-electron chi connectivity index (χ2n) is 7.37. The van der Waals surface area contributed by atoms with Crippen LogP contribution in [0.25, 0.3) is 0 Å². The van der Waals surface area contributed by atoms with Crippen LogP contribution in [0.5, 0.6) is 0 Å². The van der Waals surface area contributed by atoms with Gasteiger partial charge < -0.3 is 10.5 Å². The number of benzene rings is 2. The summed E-state index contributed by atoms with van der Waals surface area (Å²) in [6.45, 7) is 0. The summed E-state index contributed by atoms with van der Waals surface area (Å²) in [7, 11) is 0. The third-order valence-corrected chi connectivity index (χ3v) is 6.78. The molecule has 0 spiro atoms. The van der Waals surface area contributed by atoms with E-state index >= 15 is 0 Å². The second kappa shape index (κ2) is 9.20. The minimum absolute atomic E-state index is 0.0900. The van der Waals surface area contributed by atoms with Crippen molar-refractivity contribution in [2.75, 3.05) is 5.32 Å². The van der Waals surface area contributed by atoms with Crippen molar-refractivity contribution in [2.24, 2.45) is 10.9 Å². The fourth-order valence-electron chi connectivity index (χ4n) is 3.47. The molecule has 2 aromatic carbocycles. The fraction of sp³-hybridized carbons (Fsp3) is 0.136. The number of nitrogens with one attached hydrogen (secondary N) is 1. The molecule has 1 fully saturated rings. The van der Waals surface area contributed by atoms with Gasteiger partial charge in [0.1, 0.15) is 4.33 Å². The normalized spacial score (nSPS) is 18.5. The van der Waals surface area contributed by atoms with Crippen molar-refractivity contribution >= 4 is 75.5 Å². The average molecular weight is 546 g/mol. The molecule has 33 heavy (non-hydrogen) atoms. The summed E-state index contributed by atoms with van der Waals surface area (Å²) in [5.41, 5.74) is 1.06. The summed E-state index contributed by atoms with van der Waals surface area (Å²) in [5.74, 6) is -2.32. The zero-order valence-corrected chi connectivity index (χ0v) is 20.3. The average Bonchev–Trinajstić information content (AvgIpc) is 3.32. The number of rotatable bonds is 4. The van der Waals surface area contributed by atoms with Crippen molar-refractivity contribution in [1.82, 2.24) is 4.73 Å². The highest BCUT2D eigenvalue weighted by molar-refractivity contribution is 6.53. The van der Waals surface area contributed by atoms with Crippen LogP contribution in [0.4, 0.5) is 5.69 Å². The van der Waals surface area contributed by atoms with Gasteiger partial charge in [0.25, 0.3) is 5.91 Å². The predicted octanol–water partition coefficient (Wildman–Crippen LogP) is 5.95. The molecule has 0 aliphatic heterocycles. The molecule has 0 saturated heterocycles. The first kappa shape index (κ1) is 23.9. The first-order valence-electron chi connectivity index (χ1n) is 9.47. The van der Waals surface area contributed by atoms with E-state index in [0.717, 1.165) is 4.73 Å². The van der Waals surface area contributed by atoms with Crippen molar-refractivity contribution in [1.29, 1.82) is 0 Å². The van der Waals surface area contributed by atoms with Gasteiger partial charge in [-0.1, -0.05) is 34.8 Å². The van der Waals surface area contributed by atoms with Crippen molar-refractivity contribution < 1.29 is 14.8 Å². The van der Waals surface area contributed by atoms with Crippen LogP contribution >= 0.6 is 58.0 Å². The topological polar surface area (TPSA) is 83.7 Å². The van der Waals surface area contributed by atoms with E-state index in [2.05, 4.69) is 10.3 Å². The minimum Gasteiger partial charge on any atom is -0.429 e. The van der Waals surface area contributed by atoms with Crippen LogP contribution < -0.4 is 10.7 Å². The second-order valence-corrected chi connectivity index (χ2v) is 10.1. The van der Waals surface area contributed by atoms with E-state index in [1.165, 1.54) is 36.7 Å². The van der Waals surface area contributed by atoms with E-state index in [0.29, 0.717) is 26.7 Å². The van der Waals surface area contributed by atoms with Crippen molar-refractivity contribution in [3.05, 3.63) is 92.5 Å². The first-order chi connectivity index (χ1) is 15.6. The molecule has 4 rings (SSSR count). The maximum absolute atomic E-state index is 12.9. The highest BCUT2D eigenvalue weighted by atomic mass is 35.5. The Kier molecular flexibility index (Phi) is 6.67. The molecule has 0 unspecified atom stereocenters. The van der Waals surface area contributed by atoms with Crippen LogP contribution in [-0.4, -0.2) is 26.1 Å². The van der Waals surface area contributed by atoms with E-state index in [4.69, 9.17) is 58.0 Å². The number of nitrogens with zero attached hydrogens (tertiary/aromatic N) is 2. The number of halogens is 5. The van der Waals surface area contributed by atoms with Gasteiger partial charge in [-0.15, -0.1) is 23.2 Å². The third kappa shape index (κ3) is 5.15. The van der Waals surface area contributed by atoms with E-state index in [9.17, 15) is 14.8 Å². The van der Waals surface area contributed by atoms with Gasteiger partial charge >= 0.3 is 0 Å². The Morgan fingerprint density at radius 3 is 2.24 bits per heavy atom. The van der Waals surface area contributed by atoms with Gasteiger partial charge in [-0.25, -0.2) is 9.72 Å². The molecule has 1 aromatic heterocycles. The molecular formula is C22H14Cl5N3O3. The number of carbonyl (C=O) groups is 2. The number of aromatic nitrogens is 1. The molecule has 2 amide bonds. The number of pyridine rings is 1. The lowest BCUT2D eigenvalue weighted by Crippen LogP contribution is -2.17. The summed E-state index contributed by atoms with van der Waals surface area (Å²) in [4.78, 5) is 29.5. The number of alkyl halides is 2. The number of hydrogen-bond donors (Lipinski definition) is 2. The lowest BCUT2D eigenvalue weighted by atomic mass is 10.1. The summed E-state index contributed by atoms with van der Waals surface area (Å²) < 4.78 is -0.516. The Bertz CT molecular complexity index is 1300. The maximum Gasteiger partial charge on any atom is 0.279 e. The Morgan fingerprint density at radius 1 is 0.970 bits per heavy atom. The summed E-state index contributed by atoms with van der Waals surface area (Å²) in [6, 6.07) is 12.2. The molecule has 6 nitrogen and oxygen atoms in total. The standard InChI is InChI=1S/C22H14Cl5N3O3/c23-12-7-11(8-13(24)9-12)18-19(22(18,26)27)21(32)29-15-1-2-17(25)16(10-15)20(31)28-14-3-5-30(33)6-4-14/h1-10,18-19,33H,(H,29,32)/t18-,19+/m0/s1. The van der Waals surface area contributed by atoms with Crippen molar-refractivity contribution in [3.63, 3.8) is 0 Å². The maximum atomic E-state index is 12.9. The Morgan fingerprint density at radius 2 is 1.61 bits per heavy atom. The van der Waals surface area contributed by atoms with Gasteiger partial charge in [0.15, 0.2) is 0 Å². The largest absolute Gasteiger partial charge is 0.429 e. The van der Waals surface area contributed by atoms with E-state index < -0.39 is 28.0 Å². The van der Waals surface area contributed by atoms with Gasteiger partial charge in [0, 0.05) is 34.0 Å². The minimum atomic E-state index is -1.34. The molecule has 170 valence electrons. The van der Waals surface area contributed by atoms with Gasteiger partial charge in [-0.05, 0) is 54.1 Å². The molecule has 0 bridgehead atoms. The molecule has 1 aliphatic rings. The van der Waals surface area contributed by atoms with Gasteiger partial charge in [0.2, 0.25) is 5.91 Å². The zero-order valence-electron chi connectivity index (χ0n) is 16.5. The lowest BCUT2D eigenvalue weighted by Gasteiger charge is -2.08. The monoisotopic (exact) mass is 543 g/mol. The number of anilines is 1. The smallest absolute Gasteiger partial charge is 0.279 e. The lowest BCUT2D eigenvalue weighted by molar-refractivity contribution is -0.117. The molecule has 1 aliphatic carbocycles. The van der Waals surface area contributed by atoms with Crippen LogP contribution in [0.2, 0.25) is 15.1 Å². The summed E-state index contributed by atoms with van der Waals surface area (Å²) in [6.07, 6.45) is 2.65. The fourth-order valence-corrected chi connectivity index (χ4v) is 5.04. The van der Waals surface area contributed by atoms with E-state index in [1.54, 1.807) is 24.3 Å². The van der Waals surface area contributed by atoms with Crippen LogP contribution in [0.3, 0.4) is 0 Å². The molecule has 1 heterocycles. The van der Waals surface area contributed by atoms with Crippen LogP contribution in [-0.2, 0) is 4.79 Å². The van der Waals surface area contributed by atoms with Crippen molar-refractivity contribution in [2.45, 2.75) is 10.3 Å². The highest BCUT2D eigenvalue weighted by Gasteiger charge is 2.67. The molecular weight excluding hydrogens is 532 g/mol. The Labute approximate surface area is 213 Å². The van der Waals surface area contributed by atoms with Gasteiger partial charge in [-0.2, -0.15) is 0 Å². The number of amides is 2.